The number of nitrogens with one attached hydrogen (secondary N) is 3. The Kier molecular flexibility index (Phi) is 14.4. The van der Waals surface area contributed by atoms with E-state index in [1.54, 1.807) is 0 Å². The van der Waals surface area contributed by atoms with Gasteiger partial charge in [0.15, 0.2) is 11.6 Å². The third-order valence-corrected chi connectivity index (χ3v) is 5.49. The number of hydrogen-bond donors (Lipinski definition) is 8. The molecule has 0 rings (SSSR count). The summed E-state index contributed by atoms with van der Waals surface area (Å²) in [5, 5.41) is 55.4. The zero-order valence-electron chi connectivity index (χ0n) is 20.7. The SMILES string of the molecule is CC(=O)NC(C(=O)CC(CO)C(=O)NC(C(=O)CC(CO)C(=O)NC(C)C(C)O)C(C)O)C(C)O. The molecule has 35 heavy (non-hydrogen) atoms. The van der Waals surface area contributed by atoms with Crippen molar-refractivity contribution in [3.05, 3.63) is 0 Å². The van der Waals surface area contributed by atoms with Crippen LogP contribution in [0.3, 0.4) is 0 Å². The lowest BCUT2D eigenvalue weighted by molar-refractivity contribution is -0.138. The summed E-state index contributed by atoms with van der Waals surface area (Å²) in [6.45, 7) is 5.10. The molecule has 8 N–H and O–H groups in total. The molecule has 0 heterocycles. The molecule has 0 aliphatic rings. The summed E-state index contributed by atoms with van der Waals surface area (Å²) < 4.78 is 0. The van der Waals surface area contributed by atoms with Gasteiger partial charge in [0.2, 0.25) is 17.7 Å². The van der Waals surface area contributed by atoms with Crippen LogP contribution in [0.15, 0.2) is 0 Å². The molecule has 13 nitrogen and oxygen atoms in total. The second-order valence-corrected chi connectivity index (χ2v) is 8.78. The maximum absolute atomic E-state index is 12.7. The van der Waals surface area contributed by atoms with Gasteiger partial charge in [0.05, 0.1) is 49.4 Å². The molecule has 13 heteroatoms. The Balaban J connectivity index is 5.37. The molecule has 0 saturated carbocycles. The van der Waals surface area contributed by atoms with Crippen LogP contribution in [0.1, 0.15) is 47.5 Å². The predicted octanol–water partition coefficient (Wildman–Crippen LogP) is -3.24. The Morgan fingerprint density at radius 2 is 1.00 bits per heavy atom. The van der Waals surface area contributed by atoms with Crippen molar-refractivity contribution in [3.8, 4) is 0 Å². The Morgan fingerprint density at radius 1 is 0.629 bits per heavy atom. The number of Topliss-reactive ketones (excluding diaryl/α,β-unsaturated/α-hetero) is 2. The van der Waals surface area contributed by atoms with E-state index in [9.17, 15) is 49.5 Å². The second kappa shape index (κ2) is 15.5. The molecule has 8 atom stereocenters. The van der Waals surface area contributed by atoms with Crippen LogP contribution in [-0.2, 0) is 24.0 Å². The van der Waals surface area contributed by atoms with E-state index in [4.69, 9.17) is 0 Å². The summed E-state index contributed by atoms with van der Waals surface area (Å²) in [4.78, 5) is 61.4. The topological polar surface area (TPSA) is 223 Å². The number of carbonyl (C=O) groups excluding carboxylic acids is 5. The minimum atomic E-state index is -1.51. The molecular formula is C22H39N3O10. The summed E-state index contributed by atoms with van der Waals surface area (Å²) in [6, 6.07) is -3.47. The second-order valence-electron chi connectivity index (χ2n) is 8.78. The van der Waals surface area contributed by atoms with E-state index in [1.807, 2.05) is 0 Å². The molecule has 0 bridgehead atoms. The number of carbonyl (C=O) groups is 5. The van der Waals surface area contributed by atoms with Crippen molar-refractivity contribution in [2.24, 2.45) is 11.8 Å². The average molecular weight is 506 g/mol. The molecule has 0 saturated heterocycles. The lowest BCUT2D eigenvalue weighted by atomic mass is 9.93. The van der Waals surface area contributed by atoms with E-state index < -0.39 is 104 Å². The summed E-state index contributed by atoms with van der Waals surface area (Å²) in [5.74, 6) is -6.30. The quantitative estimate of drug-likeness (QED) is 0.105. The maximum atomic E-state index is 12.7. The monoisotopic (exact) mass is 505 g/mol. The van der Waals surface area contributed by atoms with Gasteiger partial charge < -0.3 is 41.5 Å². The first-order valence-corrected chi connectivity index (χ1v) is 11.3. The molecule has 0 radical (unpaired) electrons. The molecule has 8 unspecified atom stereocenters. The van der Waals surface area contributed by atoms with E-state index in [0.717, 1.165) is 6.92 Å². The largest absolute Gasteiger partial charge is 0.396 e. The summed E-state index contributed by atoms with van der Waals surface area (Å²) in [7, 11) is 0. The molecule has 0 aliphatic heterocycles. The highest BCUT2D eigenvalue weighted by molar-refractivity contribution is 5.95. The van der Waals surface area contributed by atoms with Gasteiger partial charge in [-0.2, -0.15) is 0 Å². The Labute approximate surface area is 204 Å². The van der Waals surface area contributed by atoms with Crippen molar-refractivity contribution in [1.29, 1.82) is 0 Å². The smallest absolute Gasteiger partial charge is 0.226 e. The van der Waals surface area contributed by atoms with Crippen LogP contribution >= 0.6 is 0 Å². The number of amides is 3. The standard InChI is InChI=1S/C22H39N3O10/c1-10(11(2)28)23-21(34)15(8-26)6-18(33)20(13(4)30)25-22(35)16(9-27)7-17(32)19(12(3)29)24-14(5)31/h10-13,15-16,19-20,26-30H,6-9H2,1-5H3,(H,23,34)(H,24,31)(H,25,35). The fourth-order valence-electron chi connectivity index (χ4n) is 3.11. The fourth-order valence-corrected chi connectivity index (χ4v) is 3.11. The Bertz CT molecular complexity index is 741. The zero-order valence-corrected chi connectivity index (χ0v) is 20.7. The summed E-state index contributed by atoms with van der Waals surface area (Å²) in [5.41, 5.74) is 0. The van der Waals surface area contributed by atoms with Crippen molar-refractivity contribution in [2.75, 3.05) is 13.2 Å². The molecule has 0 aromatic carbocycles. The van der Waals surface area contributed by atoms with Gasteiger partial charge >= 0.3 is 0 Å². The van der Waals surface area contributed by atoms with Crippen LogP contribution in [-0.4, -0.2) is 104 Å². The van der Waals surface area contributed by atoms with Crippen LogP contribution in [0, 0.1) is 11.8 Å². The van der Waals surface area contributed by atoms with Gasteiger partial charge in [-0.1, -0.05) is 0 Å². The maximum Gasteiger partial charge on any atom is 0.226 e. The van der Waals surface area contributed by atoms with Gasteiger partial charge in [-0.15, -0.1) is 0 Å². The van der Waals surface area contributed by atoms with E-state index in [-0.39, 0.29) is 0 Å². The molecule has 0 spiro atoms. The lowest BCUT2D eigenvalue weighted by Crippen LogP contribution is -2.52. The summed E-state index contributed by atoms with van der Waals surface area (Å²) in [6.07, 6.45) is -4.67. The van der Waals surface area contributed by atoms with Gasteiger partial charge in [0.1, 0.15) is 12.1 Å². The number of aliphatic hydroxyl groups excluding tert-OH is 5. The number of hydrogen-bond acceptors (Lipinski definition) is 10. The van der Waals surface area contributed by atoms with Gasteiger partial charge in [0, 0.05) is 19.8 Å². The minimum absolute atomic E-state index is 0.542. The van der Waals surface area contributed by atoms with Gasteiger partial charge in [0.25, 0.3) is 0 Å². The molecule has 0 aromatic rings. The van der Waals surface area contributed by atoms with Gasteiger partial charge in [-0.3, -0.25) is 24.0 Å². The first kappa shape index (κ1) is 32.5. The van der Waals surface area contributed by atoms with E-state index in [0.29, 0.717) is 0 Å². The molecule has 0 aliphatic carbocycles. The Hall–Kier alpha value is -2.45. The Morgan fingerprint density at radius 3 is 1.31 bits per heavy atom. The first-order valence-electron chi connectivity index (χ1n) is 11.3. The molecular weight excluding hydrogens is 466 g/mol. The minimum Gasteiger partial charge on any atom is -0.396 e. The molecule has 0 fully saturated rings. The number of rotatable bonds is 16. The van der Waals surface area contributed by atoms with Crippen LogP contribution in [0.25, 0.3) is 0 Å². The zero-order chi connectivity index (χ0) is 27.5. The summed E-state index contributed by atoms with van der Waals surface area (Å²) >= 11 is 0. The third kappa shape index (κ3) is 11.2. The lowest BCUT2D eigenvalue weighted by Gasteiger charge is -2.26. The third-order valence-electron chi connectivity index (χ3n) is 5.49. The first-order chi connectivity index (χ1) is 16.2. The van der Waals surface area contributed by atoms with Crippen LogP contribution < -0.4 is 16.0 Å². The van der Waals surface area contributed by atoms with Crippen molar-refractivity contribution in [3.63, 3.8) is 0 Å². The van der Waals surface area contributed by atoms with E-state index in [2.05, 4.69) is 16.0 Å². The van der Waals surface area contributed by atoms with Gasteiger partial charge in [-0.25, -0.2) is 0 Å². The van der Waals surface area contributed by atoms with Crippen LogP contribution in [0.5, 0.6) is 0 Å². The highest BCUT2D eigenvalue weighted by Gasteiger charge is 2.34. The van der Waals surface area contributed by atoms with Gasteiger partial charge in [-0.05, 0) is 27.7 Å². The van der Waals surface area contributed by atoms with Crippen LogP contribution in [0.4, 0.5) is 0 Å². The number of ketones is 2. The van der Waals surface area contributed by atoms with Crippen LogP contribution in [0.2, 0.25) is 0 Å². The fraction of sp³-hybridized carbons (Fsp3) is 0.773. The normalized spacial score (nSPS) is 18.1. The predicted molar refractivity (Wildman–Crippen MR) is 123 cm³/mol. The number of aliphatic hydroxyl groups is 5. The highest BCUT2D eigenvalue weighted by atomic mass is 16.3. The highest BCUT2D eigenvalue weighted by Crippen LogP contribution is 2.13. The van der Waals surface area contributed by atoms with Crippen molar-refractivity contribution >= 4 is 29.3 Å². The molecule has 3 amide bonds. The van der Waals surface area contributed by atoms with E-state index >= 15 is 0 Å². The van der Waals surface area contributed by atoms with Crippen molar-refractivity contribution in [2.45, 2.75) is 83.9 Å². The van der Waals surface area contributed by atoms with Crippen molar-refractivity contribution < 1.29 is 49.5 Å². The average Bonchev–Trinajstić information content (AvgIpc) is 2.76. The molecule has 0 aromatic heterocycles. The van der Waals surface area contributed by atoms with Crippen molar-refractivity contribution in [1.82, 2.24) is 16.0 Å². The molecule has 202 valence electrons. The van der Waals surface area contributed by atoms with E-state index in [1.165, 1.54) is 27.7 Å².